The molecule has 0 aromatic heterocycles. The molecule has 25 heavy (non-hydrogen) atoms. The van der Waals surface area contributed by atoms with E-state index in [4.69, 9.17) is 0 Å². The van der Waals surface area contributed by atoms with Crippen LogP contribution in [-0.2, 0) is 11.3 Å². The van der Waals surface area contributed by atoms with Gasteiger partial charge in [0.2, 0.25) is 5.91 Å². The minimum absolute atomic E-state index is 0.190. The van der Waals surface area contributed by atoms with E-state index >= 15 is 0 Å². The van der Waals surface area contributed by atoms with Crippen molar-refractivity contribution in [1.82, 2.24) is 9.80 Å². The normalized spacial score (nSPS) is 21.6. The summed E-state index contributed by atoms with van der Waals surface area (Å²) in [6.07, 6.45) is 5.49. The molecule has 1 atom stereocenters. The molecule has 2 heterocycles. The second-order valence-electron chi connectivity index (χ2n) is 6.86. The van der Waals surface area contributed by atoms with E-state index in [2.05, 4.69) is 4.90 Å². The van der Waals surface area contributed by atoms with E-state index in [1.807, 2.05) is 38.6 Å². The van der Waals surface area contributed by atoms with Crippen LogP contribution in [0.2, 0.25) is 0 Å². The standard InChI is InChI=1S/C19H27FN2OS2/c20-17-7-5-16(6-8-17)15-21-10-12-22(13-11-21)19(23)4-2-1-3-18-9-14-24-25-18/h5-8,18H,1-4,9-15H2. The Hall–Kier alpha value is -0.720. The fraction of sp³-hybridized carbons (Fsp3) is 0.632. The predicted molar refractivity (Wildman–Crippen MR) is 105 cm³/mol. The van der Waals surface area contributed by atoms with Gasteiger partial charge in [-0.3, -0.25) is 9.69 Å². The lowest BCUT2D eigenvalue weighted by molar-refractivity contribution is -0.133. The van der Waals surface area contributed by atoms with E-state index in [9.17, 15) is 9.18 Å². The molecule has 0 bridgehead atoms. The van der Waals surface area contributed by atoms with Crippen LogP contribution >= 0.6 is 21.6 Å². The summed E-state index contributed by atoms with van der Waals surface area (Å²) in [7, 11) is 4.01. The summed E-state index contributed by atoms with van der Waals surface area (Å²) in [6.45, 7) is 4.27. The molecule has 6 heteroatoms. The van der Waals surface area contributed by atoms with Crippen LogP contribution in [0.25, 0.3) is 0 Å². The largest absolute Gasteiger partial charge is 0.340 e. The first-order valence-corrected chi connectivity index (χ1v) is 11.6. The number of carbonyl (C=O) groups excluding carboxylic acids is 1. The van der Waals surface area contributed by atoms with E-state index < -0.39 is 0 Å². The molecular formula is C19H27FN2OS2. The highest BCUT2D eigenvalue weighted by atomic mass is 33.1. The highest BCUT2D eigenvalue weighted by Crippen LogP contribution is 2.39. The highest BCUT2D eigenvalue weighted by molar-refractivity contribution is 8.77. The first-order chi connectivity index (χ1) is 12.2. The molecule has 1 aromatic carbocycles. The minimum Gasteiger partial charge on any atom is -0.340 e. The topological polar surface area (TPSA) is 23.6 Å². The number of piperazine rings is 1. The summed E-state index contributed by atoms with van der Waals surface area (Å²) in [5.74, 6) is 1.41. The van der Waals surface area contributed by atoms with Crippen LogP contribution in [0.5, 0.6) is 0 Å². The zero-order valence-electron chi connectivity index (χ0n) is 14.7. The number of hydrogen-bond donors (Lipinski definition) is 0. The van der Waals surface area contributed by atoms with Gasteiger partial charge in [-0.2, -0.15) is 0 Å². The third kappa shape index (κ3) is 6.19. The van der Waals surface area contributed by atoms with Crippen molar-refractivity contribution in [3.63, 3.8) is 0 Å². The van der Waals surface area contributed by atoms with Crippen molar-refractivity contribution >= 4 is 27.5 Å². The molecule has 0 spiro atoms. The van der Waals surface area contributed by atoms with Gasteiger partial charge in [-0.15, -0.1) is 0 Å². The molecule has 138 valence electrons. The Bertz CT molecular complexity index is 541. The maximum atomic E-state index is 13.0. The fourth-order valence-electron chi connectivity index (χ4n) is 3.37. The number of hydrogen-bond acceptors (Lipinski definition) is 4. The maximum absolute atomic E-state index is 13.0. The minimum atomic E-state index is -0.190. The lowest BCUT2D eigenvalue weighted by Gasteiger charge is -2.34. The van der Waals surface area contributed by atoms with Gasteiger partial charge in [0.1, 0.15) is 5.82 Å². The molecule has 0 saturated carbocycles. The number of nitrogens with zero attached hydrogens (tertiary/aromatic N) is 2. The Morgan fingerprint density at radius 3 is 2.56 bits per heavy atom. The van der Waals surface area contributed by atoms with E-state index in [0.717, 1.165) is 50.0 Å². The van der Waals surface area contributed by atoms with Crippen LogP contribution in [-0.4, -0.2) is 52.9 Å². The van der Waals surface area contributed by atoms with Crippen LogP contribution in [0.1, 0.15) is 37.7 Å². The number of unbranched alkanes of at least 4 members (excludes halogenated alkanes) is 1. The van der Waals surface area contributed by atoms with Gasteiger partial charge in [0.25, 0.3) is 0 Å². The van der Waals surface area contributed by atoms with Gasteiger partial charge in [0.05, 0.1) is 0 Å². The number of carbonyl (C=O) groups is 1. The summed E-state index contributed by atoms with van der Waals surface area (Å²) in [4.78, 5) is 16.7. The van der Waals surface area contributed by atoms with Crippen molar-refractivity contribution in [3.8, 4) is 0 Å². The average Bonchev–Trinajstić information content (AvgIpc) is 3.15. The Labute approximate surface area is 158 Å². The number of halogens is 1. The second kappa shape index (κ2) is 9.83. The lowest BCUT2D eigenvalue weighted by atomic mass is 10.1. The maximum Gasteiger partial charge on any atom is 0.222 e. The van der Waals surface area contributed by atoms with Gasteiger partial charge in [-0.1, -0.05) is 40.1 Å². The smallest absolute Gasteiger partial charge is 0.222 e. The van der Waals surface area contributed by atoms with Crippen molar-refractivity contribution in [2.24, 2.45) is 0 Å². The molecule has 2 fully saturated rings. The zero-order valence-corrected chi connectivity index (χ0v) is 16.3. The van der Waals surface area contributed by atoms with E-state index in [1.54, 1.807) is 0 Å². The third-order valence-corrected chi connectivity index (χ3v) is 7.95. The lowest BCUT2D eigenvalue weighted by Crippen LogP contribution is -2.48. The highest BCUT2D eigenvalue weighted by Gasteiger charge is 2.21. The molecule has 2 aliphatic rings. The van der Waals surface area contributed by atoms with Crippen LogP contribution in [0.3, 0.4) is 0 Å². The first-order valence-electron chi connectivity index (χ1n) is 9.23. The summed E-state index contributed by atoms with van der Waals surface area (Å²) >= 11 is 0. The van der Waals surface area contributed by atoms with Gasteiger partial charge in [0, 0.05) is 50.1 Å². The Balaban J connectivity index is 1.31. The Morgan fingerprint density at radius 2 is 1.88 bits per heavy atom. The summed E-state index contributed by atoms with van der Waals surface area (Å²) in [6, 6.07) is 6.71. The molecule has 1 amide bonds. The van der Waals surface area contributed by atoms with Gasteiger partial charge in [-0.25, -0.2) is 4.39 Å². The summed E-state index contributed by atoms with van der Waals surface area (Å²) < 4.78 is 13.0. The predicted octanol–water partition coefficient (Wildman–Crippen LogP) is 4.18. The monoisotopic (exact) mass is 382 g/mol. The third-order valence-electron chi connectivity index (χ3n) is 4.94. The quantitative estimate of drug-likeness (QED) is 0.521. The molecule has 0 aliphatic carbocycles. The summed E-state index contributed by atoms with van der Waals surface area (Å²) in [5.41, 5.74) is 1.13. The zero-order chi connectivity index (χ0) is 17.5. The Morgan fingerprint density at radius 1 is 1.12 bits per heavy atom. The fourth-order valence-corrected chi connectivity index (χ4v) is 6.40. The van der Waals surface area contributed by atoms with Gasteiger partial charge in [0.15, 0.2) is 0 Å². The van der Waals surface area contributed by atoms with Crippen molar-refractivity contribution in [2.45, 2.75) is 43.9 Å². The molecule has 0 N–H and O–H groups in total. The van der Waals surface area contributed by atoms with Gasteiger partial charge in [-0.05, 0) is 37.0 Å². The van der Waals surface area contributed by atoms with Crippen molar-refractivity contribution < 1.29 is 9.18 Å². The molecule has 2 aliphatic heterocycles. The van der Waals surface area contributed by atoms with Crippen LogP contribution < -0.4 is 0 Å². The van der Waals surface area contributed by atoms with Crippen molar-refractivity contribution in [1.29, 1.82) is 0 Å². The second-order valence-corrected chi connectivity index (χ2v) is 9.65. The van der Waals surface area contributed by atoms with Crippen LogP contribution in [0.4, 0.5) is 4.39 Å². The van der Waals surface area contributed by atoms with Crippen LogP contribution in [0, 0.1) is 5.82 Å². The molecule has 1 unspecified atom stereocenters. The Kier molecular flexibility index (Phi) is 7.49. The SMILES string of the molecule is O=C(CCCCC1CCSS1)N1CCN(Cc2ccc(F)cc2)CC1. The number of amides is 1. The molecular weight excluding hydrogens is 355 g/mol. The molecule has 3 nitrogen and oxygen atoms in total. The van der Waals surface area contributed by atoms with Crippen LogP contribution in [0.15, 0.2) is 24.3 Å². The number of benzene rings is 1. The molecule has 1 aromatic rings. The van der Waals surface area contributed by atoms with E-state index in [1.165, 1.54) is 37.1 Å². The number of rotatable bonds is 7. The van der Waals surface area contributed by atoms with Crippen molar-refractivity contribution in [2.75, 3.05) is 31.9 Å². The average molecular weight is 383 g/mol. The molecule has 0 radical (unpaired) electrons. The van der Waals surface area contributed by atoms with Crippen molar-refractivity contribution in [3.05, 3.63) is 35.6 Å². The van der Waals surface area contributed by atoms with E-state index in [-0.39, 0.29) is 5.82 Å². The van der Waals surface area contributed by atoms with E-state index in [0.29, 0.717) is 12.3 Å². The van der Waals surface area contributed by atoms with Gasteiger partial charge < -0.3 is 4.90 Å². The van der Waals surface area contributed by atoms with Gasteiger partial charge >= 0.3 is 0 Å². The molecule has 2 saturated heterocycles. The summed E-state index contributed by atoms with van der Waals surface area (Å²) in [5, 5.41) is 0.815. The first kappa shape index (κ1) is 19.1. The molecule has 3 rings (SSSR count).